The highest BCUT2D eigenvalue weighted by atomic mass is 16.4. The van der Waals surface area contributed by atoms with Gasteiger partial charge in [0.05, 0.1) is 30.8 Å². The van der Waals surface area contributed by atoms with E-state index in [2.05, 4.69) is 51.1 Å². The molecule has 2 heterocycles. The fourth-order valence-electron chi connectivity index (χ4n) is 9.65. The Kier molecular flexibility index (Phi) is 31.8. The molecule has 2 aliphatic rings. The summed E-state index contributed by atoms with van der Waals surface area (Å²) in [4.78, 5) is 206. The van der Waals surface area contributed by atoms with E-state index >= 15 is 0 Å². The van der Waals surface area contributed by atoms with Crippen molar-refractivity contribution in [3.05, 3.63) is 12.2 Å². The number of nitrogens with zero attached hydrogens (tertiary/aromatic N) is 1. The molecule has 0 bridgehead atoms. The number of hydrogen-bond donors (Lipinski definition) is 16. The van der Waals surface area contributed by atoms with E-state index in [1.54, 1.807) is 13.0 Å². The molecule has 32 nitrogen and oxygen atoms in total. The highest BCUT2D eigenvalue weighted by Gasteiger charge is 2.45. The average molecular weight is 1270 g/mol. The number of aliphatic hydroxyl groups excluding tert-OH is 1. The van der Waals surface area contributed by atoms with Gasteiger partial charge in [0.15, 0.2) is 6.10 Å². The summed E-state index contributed by atoms with van der Waals surface area (Å²) in [5.74, 6) is -25.4. The van der Waals surface area contributed by atoms with Gasteiger partial charge in [-0.2, -0.15) is 0 Å². The van der Waals surface area contributed by atoms with Crippen molar-refractivity contribution in [2.24, 2.45) is 41.2 Å². The number of carboxylic acids is 4. The minimum Gasteiger partial charge on any atom is -0.481 e. The van der Waals surface area contributed by atoms with Crippen LogP contribution in [0.1, 0.15) is 133 Å². The molecule has 2 rings (SSSR count). The molecule has 0 aromatic carbocycles. The van der Waals surface area contributed by atoms with E-state index in [4.69, 9.17) is 5.73 Å². The van der Waals surface area contributed by atoms with Crippen LogP contribution < -0.4 is 58.9 Å². The molecule has 11 amide bonds. The molecule has 0 aromatic rings. The Labute approximate surface area is 515 Å². The van der Waals surface area contributed by atoms with Crippen molar-refractivity contribution >= 4 is 88.9 Å². The zero-order chi connectivity index (χ0) is 67.7. The molecule has 32 heteroatoms. The maximum atomic E-state index is 14.9. The van der Waals surface area contributed by atoms with Crippen LogP contribution in [-0.2, 0) is 71.9 Å². The number of carbonyl (C=O) groups is 15. The van der Waals surface area contributed by atoms with Crippen LogP contribution in [-0.4, -0.2) is 205 Å². The number of rotatable bonds is 24. The molecular formula is C57H92N12O20. The van der Waals surface area contributed by atoms with E-state index in [0.29, 0.717) is 12.3 Å². The Hall–Kier alpha value is -8.29. The van der Waals surface area contributed by atoms with Crippen LogP contribution in [0.15, 0.2) is 12.2 Å². The number of carbonyl (C=O) groups excluding carboxylic acids is 11. The number of fused-ring (bicyclic) bond motifs is 1. The van der Waals surface area contributed by atoms with Crippen molar-refractivity contribution in [2.45, 2.75) is 200 Å². The third-order valence-electron chi connectivity index (χ3n) is 15.4. The molecular weight excluding hydrogens is 1170 g/mol. The first-order valence-corrected chi connectivity index (χ1v) is 29.8. The maximum Gasteiger partial charge on any atom is 0.335 e. The Morgan fingerprint density at radius 3 is 1.80 bits per heavy atom. The fraction of sp³-hybridized carbons (Fsp3) is 0.702. The molecule has 17 N–H and O–H groups in total. The van der Waals surface area contributed by atoms with Gasteiger partial charge >= 0.3 is 23.9 Å². The summed E-state index contributed by atoms with van der Waals surface area (Å²) in [5.41, 5.74) is 5.70. The van der Waals surface area contributed by atoms with Crippen LogP contribution in [0.3, 0.4) is 0 Å². The minimum absolute atomic E-state index is 0.0228. The summed E-state index contributed by atoms with van der Waals surface area (Å²) in [7, 11) is 0. The highest BCUT2D eigenvalue weighted by Crippen LogP contribution is 2.26. The van der Waals surface area contributed by atoms with Crippen molar-refractivity contribution in [3.63, 3.8) is 0 Å². The van der Waals surface area contributed by atoms with Gasteiger partial charge in [-0.25, -0.2) is 4.79 Å². The first kappa shape index (κ1) is 76.8. The van der Waals surface area contributed by atoms with Crippen LogP contribution in [0.4, 0.5) is 0 Å². The van der Waals surface area contributed by atoms with Crippen LogP contribution in [0, 0.1) is 35.5 Å². The first-order valence-electron chi connectivity index (χ1n) is 29.8. The van der Waals surface area contributed by atoms with Crippen molar-refractivity contribution in [2.75, 3.05) is 19.6 Å². The molecule has 2 saturated heterocycles. The van der Waals surface area contributed by atoms with Crippen LogP contribution in [0.2, 0.25) is 0 Å². The van der Waals surface area contributed by atoms with E-state index in [1.165, 1.54) is 34.6 Å². The molecule has 15 atom stereocenters. The van der Waals surface area contributed by atoms with Crippen molar-refractivity contribution in [3.8, 4) is 0 Å². The largest absolute Gasteiger partial charge is 0.481 e. The van der Waals surface area contributed by atoms with Gasteiger partial charge in [-0.3, -0.25) is 67.1 Å². The Morgan fingerprint density at radius 1 is 0.652 bits per heavy atom. The number of hydrogen-bond acceptors (Lipinski definition) is 17. The lowest BCUT2D eigenvalue weighted by Gasteiger charge is -2.34. The lowest BCUT2D eigenvalue weighted by Crippen LogP contribution is -2.65. The number of nitrogens with two attached hydrogens (primary N) is 1. The number of aliphatic hydroxyl groups is 1. The normalized spacial score (nSPS) is 26.0. The van der Waals surface area contributed by atoms with E-state index in [-0.39, 0.29) is 38.8 Å². The van der Waals surface area contributed by atoms with Crippen molar-refractivity contribution in [1.82, 2.24) is 58.1 Å². The number of amides is 11. The third kappa shape index (κ3) is 24.3. The van der Waals surface area contributed by atoms with Gasteiger partial charge in [-0.1, -0.05) is 73.8 Å². The van der Waals surface area contributed by atoms with Gasteiger partial charge in [0, 0.05) is 6.54 Å². The Balaban J connectivity index is 2.95. The van der Waals surface area contributed by atoms with Gasteiger partial charge in [0.1, 0.15) is 54.4 Å². The molecule has 0 aliphatic carbocycles. The summed E-state index contributed by atoms with van der Waals surface area (Å²) >= 11 is 0. The average Bonchev–Trinajstić information content (AvgIpc) is 2.39. The molecule has 2 fully saturated rings. The maximum absolute atomic E-state index is 14.9. The van der Waals surface area contributed by atoms with E-state index in [0.717, 1.165) is 50.5 Å². The number of carboxylic acid groups (broad SMARTS) is 4. The molecule has 89 heavy (non-hydrogen) atoms. The molecule has 0 saturated carbocycles. The zero-order valence-electron chi connectivity index (χ0n) is 52.0. The van der Waals surface area contributed by atoms with Gasteiger partial charge in [0.25, 0.3) is 0 Å². The predicted molar refractivity (Wildman–Crippen MR) is 314 cm³/mol. The molecule has 500 valence electrons. The second-order valence-corrected chi connectivity index (χ2v) is 23.6. The number of nitrogens with one attached hydrogen (secondary N) is 10. The predicted octanol–water partition coefficient (Wildman–Crippen LogP) is -3.30. The standard InChI is InChI=1S/C57H92N12O20/c1-11-28(6)18-14-12-13-15-20-36(70)63-41(30(8)55(84)85)51(80)67-43-32(10)60-48(77)35-22-29(7)25-69(35)54(83)40(27(4)5)66-50(79)42(31(9)56(86)87)64-37(71)24-59-46(75)34(23-38(72)73)62-53(82)44(45(74)57(88)89)68-47(76)33(19-16-17-21-58)61-49(78)39(26(2)3)65-52(43)81/h15,20,26-35,39-45,74H,11-14,16-19,21-25,58H2,1-10H3,(H,59,75)(H,60,77)(H,61,78)(H,62,82)(H,63,70)(H,64,71)(H,65,81)(H,66,79)(H,67,80)(H,68,76)(H,72,73)(H,84,85)(H,86,87)(H,88,89)/b20-15+/t28?,29-,30?,31?,32?,33+,34+,35+,39-,40+,41+,42-,43+,44+,45?/m1/s1. The van der Waals surface area contributed by atoms with Gasteiger partial charge in [0.2, 0.25) is 65.0 Å². The second kappa shape index (κ2) is 36.9. The summed E-state index contributed by atoms with van der Waals surface area (Å²) in [6, 6.07) is -18.5. The minimum atomic E-state index is -2.83. The summed E-state index contributed by atoms with van der Waals surface area (Å²) in [6.45, 7) is 14.0. The fourth-order valence-corrected chi connectivity index (χ4v) is 9.65. The Morgan fingerprint density at radius 2 is 1.24 bits per heavy atom. The smallest absolute Gasteiger partial charge is 0.335 e. The quantitative estimate of drug-likeness (QED) is 0.0332. The van der Waals surface area contributed by atoms with Crippen molar-refractivity contribution in [1.29, 1.82) is 0 Å². The number of allylic oxidation sites excluding steroid dienone is 1. The van der Waals surface area contributed by atoms with Crippen molar-refractivity contribution < 1.29 is 97.5 Å². The van der Waals surface area contributed by atoms with Gasteiger partial charge in [-0.15, -0.1) is 0 Å². The lowest BCUT2D eigenvalue weighted by molar-refractivity contribution is -0.153. The molecule has 0 spiro atoms. The lowest BCUT2D eigenvalue weighted by atomic mass is 9.97. The molecule has 0 aromatic heterocycles. The SMILES string of the molecule is CCC(C)CCCC/C=C/C(=O)N[C@H](C(=O)N[C@@H]1C(=O)N[C@H](C(C)C)C(=O)N[C@@H](CCCCN)C(=O)N[C@@H](C(O)C(=O)O)C(=O)N[C@@H](CC(=O)O)C(=O)NCC(=O)N[C@H](C(C)C(=O)O)C(=O)N[C@@H](C(C)C)C(=O)N2C[C@H](C)C[C@H]2C(=O)NC1C)C(C)C(=O)O. The summed E-state index contributed by atoms with van der Waals surface area (Å²) < 4.78 is 0. The van der Waals surface area contributed by atoms with Crippen LogP contribution in [0.5, 0.6) is 0 Å². The molecule has 0 radical (unpaired) electrons. The highest BCUT2D eigenvalue weighted by molar-refractivity contribution is 6.02. The van der Waals surface area contributed by atoms with Gasteiger partial charge < -0.3 is 89.3 Å². The summed E-state index contributed by atoms with van der Waals surface area (Å²) in [6.07, 6.45) is 2.54. The summed E-state index contributed by atoms with van der Waals surface area (Å²) in [5, 5.41) is 73.3. The monoisotopic (exact) mass is 1260 g/mol. The number of aliphatic carboxylic acids is 4. The topological polar surface area (TPSA) is 507 Å². The van der Waals surface area contributed by atoms with Crippen LogP contribution >= 0.6 is 0 Å². The van der Waals surface area contributed by atoms with E-state index in [1.807, 2.05) is 16.0 Å². The third-order valence-corrected chi connectivity index (χ3v) is 15.4. The van der Waals surface area contributed by atoms with Gasteiger partial charge in [-0.05, 0) is 95.6 Å². The van der Waals surface area contributed by atoms with Crippen LogP contribution in [0.25, 0.3) is 0 Å². The van der Waals surface area contributed by atoms with E-state index < -0.39 is 198 Å². The molecule has 2 aliphatic heterocycles. The van der Waals surface area contributed by atoms with E-state index in [9.17, 15) is 97.5 Å². The molecule has 5 unspecified atom stereocenters. The number of unbranched alkanes of at least 4 members (excludes halogenated alkanes) is 3. The second-order valence-electron chi connectivity index (χ2n) is 23.6. The Bertz CT molecular complexity index is 2600. The zero-order valence-corrected chi connectivity index (χ0v) is 52.0. The first-order chi connectivity index (χ1) is 41.6.